The van der Waals surface area contributed by atoms with E-state index in [2.05, 4.69) is 22.6 Å². The normalized spacial score (nSPS) is 27.2. The van der Waals surface area contributed by atoms with Crippen molar-refractivity contribution in [2.75, 3.05) is 4.90 Å². The molecule has 0 radical (unpaired) electrons. The molecular weight excluding hydrogens is 621 g/mol. The number of nitrogens with zero attached hydrogens (tertiary/aromatic N) is 1. The summed E-state index contributed by atoms with van der Waals surface area (Å²) < 4.78 is 6.93. The van der Waals surface area contributed by atoms with E-state index in [9.17, 15) is 24.3 Å². The standard InChI is InChI=1S/C32H24INO6/c1-15-10-25(36)29-24(30(15)37)13-23-21(27(29)17-11-16-12-20(35)6-9-26(16)40-14-17)7-8-22-28(23)32(39)34(31(22)38)19-4-2-18(33)3-5-19/h2-7,9-10,12,14,22-23,27-28,35H,8,11,13H2,1H3/t22-,23+,27-,28-/m0/s1. The number of imide groups is 1. The summed E-state index contributed by atoms with van der Waals surface area (Å²) in [4.78, 5) is 55.8. The molecule has 7 nitrogen and oxygen atoms in total. The van der Waals surface area contributed by atoms with Gasteiger partial charge in [-0.25, -0.2) is 0 Å². The molecule has 5 aliphatic rings. The van der Waals surface area contributed by atoms with Gasteiger partial charge in [-0.2, -0.15) is 0 Å². The maximum atomic E-state index is 14.0. The molecule has 2 aromatic rings. The predicted molar refractivity (Wildman–Crippen MR) is 154 cm³/mol. The van der Waals surface area contributed by atoms with E-state index >= 15 is 0 Å². The van der Waals surface area contributed by atoms with Crippen LogP contribution in [-0.2, 0) is 25.6 Å². The molecule has 0 unspecified atom stereocenters. The maximum Gasteiger partial charge on any atom is 0.238 e. The summed E-state index contributed by atoms with van der Waals surface area (Å²) in [6.07, 6.45) is 6.06. The number of benzene rings is 2. The van der Waals surface area contributed by atoms with Gasteiger partial charge in [0.1, 0.15) is 11.5 Å². The van der Waals surface area contributed by atoms with Crippen LogP contribution in [0.4, 0.5) is 5.69 Å². The molecule has 0 saturated carbocycles. The molecule has 1 fully saturated rings. The number of phenols is 1. The maximum absolute atomic E-state index is 14.0. The number of hydrogen-bond donors (Lipinski definition) is 1. The van der Waals surface area contributed by atoms with Crippen LogP contribution < -0.4 is 9.64 Å². The van der Waals surface area contributed by atoms with Gasteiger partial charge in [-0.05, 0) is 102 Å². The highest BCUT2D eigenvalue weighted by Gasteiger charge is 2.57. The lowest BCUT2D eigenvalue weighted by Gasteiger charge is -2.43. The van der Waals surface area contributed by atoms with Gasteiger partial charge in [-0.15, -0.1) is 0 Å². The number of Topliss-reactive ketones (excluding diaryl/α,β-unsaturated/α-hetero) is 1. The molecule has 40 heavy (non-hydrogen) atoms. The summed E-state index contributed by atoms with van der Waals surface area (Å²) in [5, 5.41) is 10.1. The Hall–Kier alpha value is -3.79. The quantitative estimate of drug-likeness (QED) is 0.214. The molecule has 7 rings (SSSR count). The zero-order valence-corrected chi connectivity index (χ0v) is 23.7. The summed E-state index contributed by atoms with van der Waals surface area (Å²) in [6, 6.07) is 12.2. The van der Waals surface area contributed by atoms with E-state index in [4.69, 9.17) is 4.74 Å². The highest BCUT2D eigenvalue weighted by molar-refractivity contribution is 14.1. The van der Waals surface area contributed by atoms with Gasteiger partial charge in [0.25, 0.3) is 0 Å². The Morgan fingerprint density at radius 1 is 1.00 bits per heavy atom. The van der Waals surface area contributed by atoms with Crippen LogP contribution in [0.1, 0.15) is 25.3 Å². The van der Waals surface area contributed by atoms with Gasteiger partial charge in [0.2, 0.25) is 11.8 Å². The molecule has 0 aromatic heterocycles. The Balaban J connectivity index is 1.33. The second-order valence-corrected chi connectivity index (χ2v) is 12.2. The van der Waals surface area contributed by atoms with Crippen molar-refractivity contribution in [3.63, 3.8) is 0 Å². The molecule has 1 saturated heterocycles. The van der Waals surface area contributed by atoms with E-state index < -0.39 is 23.7 Å². The van der Waals surface area contributed by atoms with Crippen LogP contribution in [0.25, 0.3) is 0 Å². The first-order valence-corrected chi connectivity index (χ1v) is 14.3. The number of hydrogen-bond acceptors (Lipinski definition) is 6. The molecule has 1 N–H and O–H groups in total. The van der Waals surface area contributed by atoms with E-state index in [-0.39, 0.29) is 35.6 Å². The lowest BCUT2D eigenvalue weighted by Crippen LogP contribution is -2.41. The smallest absolute Gasteiger partial charge is 0.238 e. The van der Waals surface area contributed by atoms with Gasteiger partial charge in [-0.1, -0.05) is 11.6 Å². The van der Waals surface area contributed by atoms with Gasteiger partial charge in [0.05, 0.1) is 23.8 Å². The van der Waals surface area contributed by atoms with Crippen LogP contribution in [0.15, 0.2) is 88.7 Å². The molecule has 2 amide bonds. The van der Waals surface area contributed by atoms with E-state index in [0.717, 1.165) is 20.3 Å². The Labute approximate surface area is 244 Å². The van der Waals surface area contributed by atoms with E-state index in [1.165, 1.54) is 11.0 Å². The number of halogens is 1. The number of anilines is 1. The number of carbonyl (C=O) groups excluding carboxylic acids is 4. The van der Waals surface area contributed by atoms with Crippen LogP contribution in [0.2, 0.25) is 0 Å². The van der Waals surface area contributed by atoms with Crippen LogP contribution in [0.5, 0.6) is 11.5 Å². The highest BCUT2D eigenvalue weighted by Crippen LogP contribution is 2.55. The van der Waals surface area contributed by atoms with Crippen LogP contribution in [-0.4, -0.2) is 28.5 Å². The molecule has 4 atom stereocenters. The number of ketones is 2. The molecular formula is C32H24INO6. The fraction of sp³-hybridized carbons (Fsp3) is 0.250. The van der Waals surface area contributed by atoms with Gasteiger partial charge in [0.15, 0.2) is 11.6 Å². The monoisotopic (exact) mass is 645 g/mol. The fourth-order valence-electron chi connectivity index (χ4n) is 7.04. The number of phenolic OH excluding ortho intramolecular Hbond substituents is 1. The molecule has 3 aliphatic carbocycles. The zero-order chi connectivity index (χ0) is 27.9. The fourth-order valence-corrected chi connectivity index (χ4v) is 7.40. The van der Waals surface area contributed by atoms with Gasteiger partial charge >= 0.3 is 0 Å². The number of rotatable bonds is 2. The van der Waals surface area contributed by atoms with Crippen molar-refractivity contribution in [3.8, 4) is 11.5 Å². The summed E-state index contributed by atoms with van der Waals surface area (Å²) in [6.45, 7) is 1.64. The molecule has 2 aliphatic heterocycles. The molecule has 2 heterocycles. The first-order chi connectivity index (χ1) is 19.2. The minimum absolute atomic E-state index is 0.109. The SMILES string of the molecule is CC1=CC(=O)C2=C(C[C@@H]3C(=CC[C@@H]4C(=O)N(c5ccc(I)cc5)C(=O)[C@@H]43)[C@@H]2C2=COc3ccc(O)cc3C2)C1=O. The molecule has 200 valence electrons. The second-order valence-electron chi connectivity index (χ2n) is 11.0. The Morgan fingerprint density at radius 3 is 2.55 bits per heavy atom. The van der Waals surface area contributed by atoms with Crippen molar-refractivity contribution in [1.29, 1.82) is 0 Å². The average Bonchev–Trinajstić information content (AvgIpc) is 3.20. The van der Waals surface area contributed by atoms with Crippen LogP contribution in [0.3, 0.4) is 0 Å². The number of aromatic hydroxyl groups is 1. The van der Waals surface area contributed by atoms with Crippen molar-refractivity contribution in [1.82, 2.24) is 0 Å². The predicted octanol–water partition coefficient (Wildman–Crippen LogP) is 4.98. The first-order valence-electron chi connectivity index (χ1n) is 13.2. The highest BCUT2D eigenvalue weighted by atomic mass is 127. The second kappa shape index (κ2) is 9.12. The summed E-state index contributed by atoms with van der Waals surface area (Å²) in [5.41, 5.74) is 4.21. The minimum Gasteiger partial charge on any atom is -0.508 e. The third-order valence-electron chi connectivity index (χ3n) is 8.79. The average molecular weight is 645 g/mol. The number of fused-ring (bicyclic) bond motifs is 4. The summed E-state index contributed by atoms with van der Waals surface area (Å²) in [7, 11) is 0. The Bertz CT molecular complexity index is 1680. The lowest BCUT2D eigenvalue weighted by atomic mass is 9.58. The summed E-state index contributed by atoms with van der Waals surface area (Å²) in [5.74, 6) is -2.27. The number of ether oxygens (including phenoxy) is 1. The van der Waals surface area contributed by atoms with E-state index in [1.807, 2.05) is 18.2 Å². The van der Waals surface area contributed by atoms with Crippen molar-refractivity contribution < 1.29 is 29.0 Å². The molecule has 0 bridgehead atoms. The lowest BCUT2D eigenvalue weighted by molar-refractivity contribution is -0.123. The molecule has 8 heteroatoms. The summed E-state index contributed by atoms with van der Waals surface area (Å²) >= 11 is 2.18. The van der Waals surface area contributed by atoms with Gasteiger partial charge in [-0.3, -0.25) is 24.1 Å². The van der Waals surface area contributed by atoms with Crippen molar-refractivity contribution >= 4 is 51.7 Å². The third kappa shape index (κ3) is 3.68. The van der Waals surface area contributed by atoms with Crippen molar-refractivity contribution in [2.45, 2.75) is 26.2 Å². The van der Waals surface area contributed by atoms with Gasteiger partial charge < -0.3 is 9.84 Å². The molecule has 0 spiro atoms. The number of allylic oxidation sites excluding steroid dienone is 7. The Kier molecular flexibility index (Phi) is 5.75. The number of amides is 2. The van der Waals surface area contributed by atoms with Crippen molar-refractivity contribution in [2.24, 2.45) is 23.7 Å². The van der Waals surface area contributed by atoms with Gasteiger partial charge in [0, 0.05) is 38.2 Å². The largest absolute Gasteiger partial charge is 0.508 e. The van der Waals surface area contributed by atoms with Crippen molar-refractivity contribution in [3.05, 3.63) is 97.9 Å². The Morgan fingerprint density at radius 2 is 1.77 bits per heavy atom. The molecule has 2 aromatic carbocycles. The van der Waals surface area contributed by atoms with Crippen LogP contribution >= 0.6 is 22.6 Å². The minimum atomic E-state index is -0.626. The van der Waals surface area contributed by atoms with E-state index in [0.29, 0.717) is 41.0 Å². The van der Waals surface area contributed by atoms with E-state index in [1.54, 1.807) is 43.5 Å². The number of carbonyl (C=O) groups is 4. The van der Waals surface area contributed by atoms with Crippen LogP contribution in [0, 0.1) is 27.2 Å². The first kappa shape index (κ1) is 25.2. The zero-order valence-electron chi connectivity index (χ0n) is 21.5. The topological polar surface area (TPSA) is 101 Å². The third-order valence-corrected chi connectivity index (χ3v) is 9.51.